The molecule has 0 bridgehead atoms. The number of nitrogens with two attached hydrogens (primary N) is 1. The first-order valence-electron chi connectivity index (χ1n) is 7.58. The Labute approximate surface area is 127 Å². The lowest BCUT2D eigenvalue weighted by molar-refractivity contribution is -0.124. The Morgan fingerprint density at radius 2 is 1.95 bits per heavy atom. The summed E-state index contributed by atoms with van der Waals surface area (Å²) < 4.78 is 0. The highest BCUT2D eigenvalue weighted by atomic mass is 16.4. The molecule has 6 heteroatoms. The van der Waals surface area contributed by atoms with E-state index in [4.69, 9.17) is 10.9 Å². The Balaban J connectivity index is 2.77. The van der Waals surface area contributed by atoms with Crippen LogP contribution in [0, 0.1) is 11.3 Å². The highest BCUT2D eigenvalue weighted by molar-refractivity contribution is 5.94. The van der Waals surface area contributed by atoms with Gasteiger partial charge in [-0.1, -0.05) is 32.9 Å². The van der Waals surface area contributed by atoms with Crippen molar-refractivity contribution < 1.29 is 10.0 Å². The Morgan fingerprint density at radius 1 is 1.43 bits per heavy atom. The number of carbonyl (C=O) groups excluding carboxylic acids is 1. The van der Waals surface area contributed by atoms with Gasteiger partial charge in [-0.05, 0) is 31.2 Å². The van der Waals surface area contributed by atoms with E-state index in [1.54, 1.807) is 0 Å². The van der Waals surface area contributed by atoms with Crippen LogP contribution in [0.3, 0.4) is 0 Å². The lowest BCUT2D eigenvalue weighted by Gasteiger charge is -2.40. The molecular formula is C15H30N4O2. The van der Waals surface area contributed by atoms with E-state index in [1.165, 1.54) is 0 Å². The molecule has 0 aromatic heterocycles. The van der Waals surface area contributed by atoms with E-state index in [1.807, 2.05) is 7.05 Å². The van der Waals surface area contributed by atoms with Crippen LogP contribution in [0.25, 0.3) is 0 Å². The number of hydrogen-bond donors (Lipinski definition) is 3. The first-order chi connectivity index (χ1) is 9.60. The summed E-state index contributed by atoms with van der Waals surface area (Å²) in [5, 5.41) is 15.2. The van der Waals surface area contributed by atoms with Crippen LogP contribution in [0.2, 0.25) is 0 Å². The fourth-order valence-corrected chi connectivity index (χ4v) is 2.44. The minimum Gasteiger partial charge on any atom is -0.409 e. The fraction of sp³-hybridized carbons (Fsp3) is 0.867. The predicted molar refractivity (Wildman–Crippen MR) is 84.2 cm³/mol. The van der Waals surface area contributed by atoms with Crippen LogP contribution in [0.4, 0.5) is 0 Å². The molecule has 0 aliphatic carbocycles. The quantitative estimate of drug-likeness (QED) is 0.316. The van der Waals surface area contributed by atoms with Crippen LogP contribution < -0.4 is 11.1 Å². The summed E-state index contributed by atoms with van der Waals surface area (Å²) in [5.41, 5.74) is 5.22. The zero-order valence-electron chi connectivity index (χ0n) is 13.9. The summed E-state index contributed by atoms with van der Waals surface area (Å²) in [6, 6.07) is 0. The second kappa shape index (κ2) is 6.64. The summed E-state index contributed by atoms with van der Waals surface area (Å²) >= 11 is 0. The minimum atomic E-state index is -0.712. The second-order valence-corrected chi connectivity index (χ2v) is 7.39. The molecule has 0 saturated carbocycles. The molecular weight excluding hydrogens is 268 g/mol. The van der Waals surface area contributed by atoms with Gasteiger partial charge < -0.3 is 21.2 Å². The number of likely N-dealkylation sites (tertiary alicyclic amines) is 1. The smallest absolute Gasteiger partial charge is 0.221 e. The molecule has 1 amide bonds. The molecule has 1 unspecified atom stereocenters. The van der Waals surface area contributed by atoms with E-state index >= 15 is 0 Å². The van der Waals surface area contributed by atoms with Crippen molar-refractivity contribution in [2.45, 2.75) is 52.5 Å². The van der Waals surface area contributed by atoms with Crippen molar-refractivity contribution in [1.82, 2.24) is 10.2 Å². The normalized spacial score (nSPS) is 21.9. The highest BCUT2D eigenvalue weighted by Gasteiger charge is 2.40. The number of nitrogens with zero attached hydrogens (tertiary/aromatic N) is 2. The van der Waals surface area contributed by atoms with Gasteiger partial charge in [-0.15, -0.1) is 0 Å². The maximum absolute atomic E-state index is 12.4. The molecule has 122 valence electrons. The molecule has 1 rings (SSSR count). The number of rotatable bonds is 4. The molecule has 6 nitrogen and oxygen atoms in total. The van der Waals surface area contributed by atoms with Crippen molar-refractivity contribution in [2.24, 2.45) is 22.2 Å². The van der Waals surface area contributed by atoms with E-state index in [9.17, 15) is 4.79 Å². The van der Waals surface area contributed by atoms with Gasteiger partial charge in [0.25, 0.3) is 0 Å². The lowest BCUT2D eigenvalue weighted by Crippen LogP contribution is -2.62. The van der Waals surface area contributed by atoms with E-state index in [0.717, 1.165) is 13.1 Å². The van der Waals surface area contributed by atoms with Gasteiger partial charge in [0.1, 0.15) is 5.54 Å². The third kappa shape index (κ3) is 4.59. The Kier molecular flexibility index (Phi) is 5.61. The van der Waals surface area contributed by atoms with Gasteiger partial charge in [0.15, 0.2) is 5.84 Å². The monoisotopic (exact) mass is 298 g/mol. The number of oxime groups is 1. The zero-order valence-corrected chi connectivity index (χ0v) is 13.9. The van der Waals surface area contributed by atoms with E-state index in [0.29, 0.717) is 19.3 Å². The standard InChI is InChI=1S/C15H30N4O2/c1-11(14(2,3)4)10-12(20)17-15(13(16)18-21)6-8-19(5)9-7-15/h11,21H,6-10H2,1-5H3,(H2,16,18)(H,17,20). The molecule has 0 aromatic rings. The number of hydrogen-bond acceptors (Lipinski definition) is 4. The van der Waals surface area contributed by atoms with E-state index in [-0.39, 0.29) is 23.1 Å². The number of piperidine rings is 1. The van der Waals surface area contributed by atoms with Gasteiger partial charge in [-0.2, -0.15) is 0 Å². The summed E-state index contributed by atoms with van der Waals surface area (Å²) in [4.78, 5) is 14.5. The summed E-state index contributed by atoms with van der Waals surface area (Å²) in [6.07, 6.45) is 1.77. The van der Waals surface area contributed by atoms with E-state index < -0.39 is 5.54 Å². The van der Waals surface area contributed by atoms with E-state index in [2.05, 4.69) is 43.1 Å². The average molecular weight is 298 g/mol. The number of nitrogens with one attached hydrogen (secondary N) is 1. The average Bonchev–Trinajstić information content (AvgIpc) is 2.39. The fourth-order valence-electron chi connectivity index (χ4n) is 2.44. The second-order valence-electron chi connectivity index (χ2n) is 7.39. The molecule has 1 saturated heterocycles. The number of amidine groups is 1. The minimum absolute atomic E-state index is 0.0337. The maximum atomic E-state index is 12.4. The first-order valence-corrected chi connectivity index (χ1v) is 7.58. The predicted octanol–water partition coefficient (Wildman–Crippen LogP) is 1.39. The Morgan fingerprint density at radius 3 is 2.38 bits per heavy atom. The lowest BCUT2D eigenvalue weighted by atomic mass is 9.79. The third-order valence-electron chi connectivity index (χ3n) is 4.79. The maximum Gasteiger partial charge on any atom is 0.221 e. The summed E-state index contributed by atoms with van der Waals surface area (Å²) in [6.45, 7) is 10.1. The molecule has 1 aliphatic heterocycles. The number of amides is 1. The van der Waals surface area contributed by atoms with Gasteiger partial charge in [0, 0.05) is 19.5 Å². The molecule has 1 atom stereocenters. The van der Waals surface area contributed by atoms with Crippen molar-refractivity contribution in [3.05, 3.63) is 0 Å². The SMILES string of the molecule is CC(CC(=O)NC1(C(N)=NO)CCN(C)CC1)C(C)(C)C. The van der Waals surface area contributed by atoms with Crippen molar-refractivity contribution in [2.75, 3.05) is 20.1 Å². The molecule has 1 heterocycles. The van der Waals surface area contributed by atoms with Crippen LogP contribution in [-0.4, -0.2) is 47.5 Å². The molecule has 0 aromatic carbocycles. The van der Waals surface area contributed by atoms with Crippen molar-refractivity contribution in [3.63, 3.8) is 0 Å². The van der Waals surface area contributed by atoms with Gasteiger partial charge in [0.2, 0.25) is 5.91 Å². The highest BCUT2D eigenvalue weighted by Crippen LogP contribution is 2.29. The number of carbonyl (C=O) groups is 1. The molecule has 1 aliphatic rings. The van der Waals surface area contributed by atoms with Crippen molar-refractivity contribution in [3.8, 4) is 0 Å². The Hall–Kier alpha value is -1.30. The van der Waals surface area contributed by atoms with Gasteiger partial charge in [-0.25, -0.2) is 0 Å². The van der Waals surface area contributed by atoms with Crippen LogP contribution >= 0.6 is 0 Å². The largest absolute Gasteiger partial charge is 0.409 e. The van der Waals surface area contributed by atoms with Crippen LogP contribution in [-0.2, 0) is 4.79 Å². The van der Waals surface area contributed by atoms with Crippen molar-refractivity contribution >= 4 is 11.7 Å². The van der Waals surface area contributed by atoms with Crippen molar-refractivity contribution in [1.29, 1.82) is 0 Å². The van der Waals surface area contributed by atoms with Crippen LogP contribution in [0.5, 0.6) is 0 Å². The topological polar surface area (TPSA) is 91.0 Å². The third-order valence-corrected chi connectivity index (χ3v) is 4.79. The van der Waals surface area contributed by atoms with Crippen LogP contribution in [0.15, 0.2) is 5.16 Å². The summed E-state index contributed by atoms with van der Waals surface area (Å²) in [7, 11) is 2.03. The zero-order chi connectivity index (χ0) is 16.3. The molecule has 0 spiro atoms. The molecule has 4 N–H and O–H groups in total. The first kappa shape index (κ1) is 17.8. The van der Waals surface area contributed by atoms with Gasteiger partial charge in [0.05, 0.1) is 0 Å². The molecule has 0 radical (unpaired) electrons. The van der Waals surface area contributed by atoms with Gasteiger partial charge in [-0.3, -0.25) is 4.79 Å². The molecule has 21 heavy (non-hydrogen) atoms. The Bertz CT molecular complexity index is 393. The van der Waals surface area contributed by atoms with Crippen LogP contribution in [0.1, 0.15) is 47.0 Å². The van der Waals surface area contributed by atoms with Gasteiger partial charge >= 0.3 is 0 Å². The molecule has 1 fully saturated rings. The summed E-state index contributed by atoms with van der Waals surface area (Å²) in [5.74, 6) is 0.328.